The van der Waals surface area contributed by atoms with E-state index in [0.29, 0.717) is 10.6 Å². The summed E-state index contributed by atoms with van der Waals surface area (Å²) in [5, 5.41) is 15.3. The standard InChI is InChI=1S/C9H5N5OS/c10-3-6-1-2-7(11-4-6)9(15)13-8-5-12-14-16-8/h1-2,4-5H,(H,13,15). The lowest BCUT2D eigenvalue weighted by atomic mass is 10.2. The van der Waals surface area contributed by atoms with Crippen LogP contribution in [0.1, 0.15) is 16.1 Å². The van der Waals surface area contributed by atoms with Gasteiger partial charge in [-0.1, -0.05) is 4.49 Å². The topological polar surface area (TPSA) is 91.6 Å². The first kappa shape index (κ1) is 10.2. The Kier molecular flexibility index (Phi) is 2.84. The van der Waals surface area contributed by atoms with Crippen LogP contribution in [0.15, 0.2) is 24.5 Å². The van der Waals surface area contributed by atoms with Gasteiger partial charge in [-0.15, -0.1) is 5.10 Å². The van der Waals surface area contributed by atoms with Crippen molar-refractivity contribution in [3.05, 3.63) is 35.8 Å². The minimum atomic E-state index is -0.351. The normalized spacial score (nSPS) is 9.44. The van der Waals surface area contributed by atoms with Gasteiger partial charge < -0.3 is 5.32 Å². The third-order valence-electron chi connectivity index (χ3n) is 1.72. The molecule has 2 heterocycles. The van der Waals surface area contributed by atoms with Crippen LogP contribution in [0.2, 0.25) is 0 Å². The Labute approximate surface area is 94.7 Å². The van der Waals surface area contributed by atoms with E-state index >= 15 is 0 Å². The second-order valence-corrected chi connectivity index (χ2v) is 3.57. The first-order valence-electron chi connectivity index (χ1n) is 4.24. The third-order valence-corrected chi connectivity index (χ3v) is 2.30. The summed E-state index contributed by atoms with van der Waals surface area (Å²) in [6.45, 7) is 0. The molecule has 0 aliphatic carbocycles. The van der Waals surface area contributed by atoms with Gasteiger partial charge in [-0.3, -0.25) is 4.79 Å². The Bertz CT molecular complexity index is 528. The van der Waals surface area contributed by atoms with Crippen molar-refractivity contribution in [1.29, 1.82) is 5.26 Å². The van der Waals surface area contributed by atoms with E-state index in [9.17, 15) is 4.79 Å². The van der Waals surface area contributed by atoms with Gasteiger partial charge in [-0.25, -0.2) is 4.98 Å². The highest BCUT2D eigenvalue weighted by Gasteiger charge is 2.08. The van der Waals surface area contributed by atoms with E-state index in [1.807, 2.05) is 6.07 Å². The maximum atomic E-state index is 11.6. The van der Waals surface area contributed by atoms with E-state index in [2.05, 4.69) is 19.9 Å². The minimum Gasteiger partial charge on any atom is -0.310 e. The molecule has 1 N–H and O–H groups in total. The van der Waals surface area contributed by atoms with E-state index in [0.717, 1.165) is 11.5 Å². The molecule has 2 aromatic rings. The van der Waals surface area contributed by atoms with Crippen molar-refractivity contribution in [3.63, 3.8) is 0 Å². The van der Waals surface area contributed by atoms with Crippen molar-refractivity contribution in [2.75, 3.05) is 5.32 Å². The molecule has 0 spiro atoms. The molecule has 0 atom stereocenters. The molecule has 0 aliphatic rings. The highest BCUT2D eigenvalue weighted by Crippen LogP contribution is 2.10. The highest BCUT2D eigenvalue weighted by atomic mass is 32.1. The van der Waals surface area contributed by atoms with Crippen LogP contribution in [-0.4, -0.2) is 20.5 Å². The Morgan fingerprint density at radius 1 is 1.44 bits per heavy atom. The fraction of sp³-hybridized carbons (Fsp3) is 0. The van der Waals surface area contributed by atoms with Crippen LogP contribution in [0, 0.1) is 11.3 Å². The van der Waals surface area contributed by atoms with Crippen LogP contribution in [0.5, 0.6) is 0 Å². The van der Waals surface area contributed by atoms with E-state index in [1.54, 1.807) is 0 Å². The largest absolute Gasteiger partial charge is 0.310 e. The highest BCUT2D eigenvalue weighted by molar-refractivity contribution is 7.10. The summed E-state index contributed by atoms with van der Waals surface area (Å²) in [6, 6.07) is 4.95. The number of rotatable bonds is 2. The first-order valence-corrected chi connectivity index (χ1v) is 5.02. The van der Waals surface area contributed by atoms with Crippen LogP contribution in [0.25, 0.3) is 0 Å². The van der Waals surface area contributed by atoms with E-state index in [4.69, 9.17) is 5.26 Å². The van der Waals surface area contributed by atoms with Gasteiger partial charge in [-0.2, -0.15) is 5.26 Å². The minimum absolute atomic E-state index is 0.243. The summed E-state index contributed by atoms with van der Waals surface area (Å²) in [6.07, 6.45) is 2.80. The van der Waals surface area contributed by atoms with Crippen LogP contribution < -0.4 is 5.32 Å². The molecule has 0 saturated heterocycles. The maximum Gasteiger partial charge on any atom is 0.274 e. The average Bonchev–Trinajstić information content (AvgIpc) is 2.82. The number of amides is 1. The number of nitrogens with one attached hydrogen (secondary N) is 1. The molecule has 0 aromatic carbocycles. The summed E-state index contributed by atoms with van der Waals surface area (Å²) in [4.78, 5) is 15.5. The maximum absolute atomic E-state index is 11.6. The second kappa shape index (κ2) is 4.46. The van der Waals surface area contributed by atoms with E-state index in [-0.39, 0.29) is 11.6 Å². The molecule has 7 heteroatoms. The lowest BCUT2D eigenvalue weighted by Gasteiger charge is -1.99. The summed E-state index contributed by atoms with van der Waals surface area (Å²) >= 11 is 1.08. The van der Waals surface area contributed by atoms with Crippen LogP contribution >= 0.6 is 11.5 Å². The number of nitrogens with zero attached hydrogens (tertiary/aromatic N) is 4. The molecule has 6 nitrogen and oxygen atoms in total. The zero-order chi connectivity index (χ0) is 11.4. The Morgan fingerprint density at radius 2 is 2.31 bits per heavy atom. The number of pyridine rings is 1. The van der Waals surface area contributed by atoms with Gasteiger partial charge in [0.15, 0.2) is 0 Å². The predicted molar refractivity (Wildman–Crippen MR) is 56.8 cm³/mol. The summed E-state index contributed by atoms with van der Waals surface area (Å²) in [5.41, 5.74) is 0.656. The van der Waals surface area contributed by atoms with Gasteiger partial charge in [0.2, 0.25) is 0 Å². The Morgan fingerprint density at radius 3 is 2.88 bits per heavy atom. The first-order chi connectivity index (χ1) is 7.79. The predicted octanol–water partition coefficient (Wildman–Crippen LogP) is 1.06. The SMILES string of the molecule is N#Cc1ccc(C(=O)Nc2cnns2)nc1. The third kappa shape index (κ3) is 2.18. The summed E-state index contributed by atoms with van der Waals surface area (Å²) in [5.74, 6) is -0.351. The molecule has 16 heavy (non-hydrogen) atoms. The Balaban J connectivity index is 2.12. The lowest BCUT2D eigenvalue weighted by molar-refractivity contribution is 0.102. The van der Waals surface area contributed by atoms with Crippen molar-refractivity contribution in [3.8, 4) is 6.07 Å². The van der Waals surface area contributed by atoms with Crippen molar-refractivity contribution < 1.29 is 4.79 Å². The monoisotopic (exact) mass is 231 g/mol. The smallest absolute Gasteiger partial charge is 0.274 e. The number of aromatic nitrogens is 3. The van der Waals surface area contributed by atoms with Crippen molar-refractivity contribution >= 4 is 22.4 Å². The van der Waals surface area contributed by atoms with Crippen molar-refractivity contribution in [1.82, 2.24) is 14.6 Å². The van der Waals surface area contributed by atoms with Crippen molar-refractivity contribution in [2.45, 2.75) is 0 Å². The summed E-state index contributed by atoms with van der Waals surface area (Å²) < 4.78 is 3.61. The number of carbonyl (C=O) groups excluding carboxylic acids is 1. The quantitative estimate of drug-likeness (QED) is 0.834. The molecule has 78 valence electrons. The molecule has 1 amide bonds. The fourth-order valence-corrected chi connectivity index (χ4v) is 1.41. The number of hydrogen-bond acceptors (Lipinski definition) is 6. The van der Waals surface area contributed by atoms with Gasteiger partial charge in [0.1, 0.15) is 16.8 Å². The molecule has 2 aromatic heterocycles. The molecule has 0 aliphatic heterocycles. The molecule has 0 saturated carbocycles. The van der Waals surface area contributed by atoms with E-state index < -0.39 is 0 Å². The molecule has 0 unspecified atom stereocenters. The number of hydrogen-bond donors (Lipinski definition) is 1. The van der Waals surface area contributed by atoms with Gasteiger partial charge >= 0.3 is 0 Å². The lowest BCUT2D eigenvalue weighted by Crippen LogP contribution is -2.12. The van der Waals surface area contributed by atoms with Gasteiger partial charge in [0.25, 0.3) is 5.91 Å². The summed E-state index contributed by atoms with van der Waals surface area (Å²) in [7, 11) is 0. The number of nitriles is 1. The molecular formula is C9H5N5OS. The van der Waals surface area contributed by atoms with Crippen molar-refractivity contribution in [2.24, 2.45) is 0 Å². The van der Waals surface area contributed by atoms with Gasteiger partial charge in [0.05, 0.1) is 11.8 Å². The van der Waals surface area contributed by atoms with Gasteiger partial charge in [-0.05, 0) is 12.1 Å². The van der Waals surface area contributed by atoms with Crippen LogP contribution in [0.3, 0.4) is 0 Å². The Hall–Kier alpha value is -2.33. The van der Waals surface area contributed by atoms with Crippen LogP contribution in [-0.2, 0) is 0 Å². The molecule has 0 fully saturated rings. The molecule has 0 radical (unpaired) electrons. The van der Waals surface area contributed by atoms with E-state index in [1.165, 1.54) is 24.5 Å². The zero-order valence-corrected chi connectivity index (χ0v) is 8.73. The van der Waals surface area contributed by atoms with Gasteiger partial charge in [0, 0.05) is 17.7 Å². The average molecular weight is 231 g/mol. The molecule has 2 rings (SSSR count). The fourth-order valence-electron chi connectivity index (χ4n) is 0.992. The zero-order valence-electron chi connectivity index (χ0n) is 7.91. The molecule has 0 bridgehead atoms. The van der Waals surface area contributed by atoms with Crippen LogP contribution in [0.4, 0.5) is 5.00 Å². The number of anilines is 1. The molecular weight excluding hydrogens is 226 g/mol. The number of carbonyl (C=O) groups is 1. The second-order valence-electron chi connectivity index (χ2n) is 2.78.